The van der Waals surface area contributed by atoms with Gasteiger partial charge in [0.05, 0.1) is 5.97 Å². The summed E-state index contributed by atoms with van der Waals surface area (Å²) in [6, 6.07) is 12.1. The summed E-state index contributed by atoms with van der Waals surface area (Å²) in [5, 5.41) is 19.6. The molecule has 3 aromatic rings. The minimum Gasteiger partial charge on any atom is -0.544 e. The first-order valence-corrected chi connectivity index (χ1v) is 8.16. The number of carboxylic acid groups (broad SMARTS) is 1. The Balaban J connectivity index is 1.82. The maximum absolute atomic E-state index is 12.9. The van der Waals surface area contributed by atoms with E-state index in [1.165, 1.54) is 30.3 Å². The fourth-order valence-corrected chi connectivity index (χ4v) is 2.69. The quantitative estimate of drug-likeness (QED) is 0.502. The number of carbonyl (C=O) groups is 1. The molecule has 0 unspecified atom stereocenters. The van der Waals surface area contributed by atoms with Crippen LogP contribution in [0.25, 0.3) is 17.5 Å². The van der Waals surface area contributed by atoms with E-state index < -0.39 is 11.8 Å². The monoisotopic (exact) mass is 375 g/mol. The Morgan fingerprint density at radius 3 is 2.44 bits per heavy atom. The molecule has 0 aliphatic carbocycles. The highest BCUT2D eigenvalue weighted by Crippen LogP contribution is 2.29. The second-order valence-electron chi connectivity index (χ2n) is 4.83. The molecule has 1 aromatic heterocycles. The van der Waals surface area contributed by atoms with Crippen LogP contribution in [0.5, 0.6) is 0 Å². The van der Waals surface area contributed by atoms with Crippen LogP contribution in [0, 0.1) is 5.82 Å². The third-order valence-electron chi connectivity index (χ3n) is 3.06. The van der Waals surface area contributed by atoms with Gasteiger partial charge in [-0.25, -0.2) is 4.39 Å². The Kier molecular flexibility index (Phi) is 5.16. The maximum Gasteiger partial charge on any atom is 0.281 e. The van der Waals surface area contributed by atoms with Gasteiger partial charge in [0.15, 0.2) is 0 Å². The van der Waals surface area contributed by atoms with Gasteiger partial charge >= 0.3 is 0 Å². The topological polar surface area (TPSA) is 79.0 Å². The van der Waals surface area contributed by atoms with Crippen molar-refractivity contribution in [2.45, 2.75) is 5.22 Å². The molecule has 0 fully saturated rings. The Bertz CT molecular complexity index is 924. The molecule has 0 bridgehead atoms. The standard InChI is InChI=1S/C17H10ClFN2O3S/c18-12-5-3-11(4-6-12)15-20-21-17(24-15)25-14(16(22)23)9-10-1-7-13(19)8-2-10/h1-9H,(H,22,23)/p-1/b14-9-. The highest BCUT2D eigenvalue weighted by Gasteiger charge is 2.12. The third-order valence-corrected chi connectivity index (χ3v) is 4.16. The molecule has 2 aromatic carbocycles. The molecule has 0 saturated carbocycles. The summed E-state index contributed by atoms with van der Waals surface area (Å²) in [5.74, 6) is -1.58. The van der Waals surface area contributed by atoms with Gasteiger partial charge in [-0.2, -0.15) is 0 Å². The predicted octanol–water partition coefficient (Wildman–Crippen LogP) is 3.41. The van der Waals surface area contributed by atoms with E-state index in [1.807, 2.05) is 0 Å². The summed E-state index contributed by atoms with van der Waals surface area (Å²) in [6.45, 7) is 0. The SMILES string of the molecule is O=C([O-])/C(=C/c1ccc(F)cc1)Sc1nnc(-c2ccc(Cl)cc2)o1. The van der Waals surface area contributed by atoms with Crippen molar-refractivity contribution in [2.24, 2.45) is 0 Å². The van der Waals surface area contributed by atoms with Crippen LogP contribution in [-0.4, -0.2) is 16.2 Å². The van der Waals surface area contributed by atoms with Crippen molar-refractivity contribution in [3.05, 3.63) is 69.8 Å². The lowest BCUT2D eigenvalue weighted by atomic mass is 10.2. The highest BCUT2D eigenvalue weighted by atomic mass is 35.5. The number of benzene rings is 2. The van der Waals surface area contributed by atoms with E-state index in [4.69, 9.17) is 16.0 Å². The minimum atomic E-state index is -1.40. The zero-order chi connectivity index (χ0) is 17.8. The van der Waals surface area contributed by atoms with E-state index in [9.17, 15) is 14.3 Å². The fraction of sp³-hybridized carbons (Fsp3) is 0. The molecule has 0 atom stereocenters. The van der Waals surface area contributed by atoms with E-state index in [1.54, 1.807) is 24.3 Å². The summed E-state index contributed by atoms with van der Waals surface area (Å²) in [7, 11) is 0. The van der Waals surface area contributed by atoms with E-state index in [0.29, 0.717) is 16.1 Å². The number of aromatic nitrogens is 2. The number of carbonyl (C=O) groups excluding carboxylic acids is 1. The van der Waals surface area contributed by atoms with Gasteiger partial charge in [-0.3, -0.25) is 0 Å². The van der Waals surface area contributed by atoms with Crippen LogP contribution >= 0.6 is 23.4 Å². The molecular weight excluding hydrogens is 367 g/mol. The Morgan fingerprint density at radius 2 is 1.80 bits per heavy atom. The first-order chi connectivity index (χ1) is 12.0. The average molecular weight is 376 g/mol. The lowest BCUT2D eigenvalue weighted by molar-refractivity contribution is -0.298. The second kappa shape index (κ2) is 7.50. The molecule has 0 radical (unpaired) electrons. The molecule has 126 valence electrons. The number of thioether (sulfide) groups is 1. The first-order valence-electron chi connectivity index (χ1n) is 6.97. The van der Waals surface area contributed by atoms with Crippen molar-refractivity contribution >= 4 is 35.4 Å². The van der Waals surface area contributed by atoms with Gasteiger partial charge in [-0.1, -0.05) is 23.7 Å². The zero-order valence-electron chi connectivity index (χ0n) is 12.5. The molecule has 3 rings (SSSR count). The summed E-state index contributed by atoms with van der Waals surface area (Å²) < 4.78 is 18.4. The summed E-state index contributed by atoms with van der Waals surface area (Å²) in [4.78, 5) is 11.2. The number of nitrogens with zero attached hydrogens (tertiary/aromatic N) is 2. The molecule has 25 heavy (non-hydrogen) atoms. The number of aliphatic carboxylic acids is 1. The van der Waals surface area contributed by atoms with Crippen LogP contribution in [0.2, 0.25) is 5.02 Å². The van der Waals surface area contributed by atoms with Crippen LogP contribution in [0.3, 0.4) is 0 Å². The van der Waals surface area contributed by atoms with Crippen molar-refractivity contribution in [3.8, 4) is 11.5 Å². The van der Waals surface area contributed by atoms with E-state index in [-0.39, 0.29) is 16.0 Å². The summed E-state index contributed by atoms with van der Waals surface area (Å²) >= 11 is 6.57. The third kappa shape index (κ3) is 4.46. The molecule has 0 saturated heterocycles. The number of carboxylic acids is 1. The van der Waals surface area contributed by atoms with Crippen molar-refractivity contribution in [3.63, 3.8) is 0 Å². The molecule has 1 heterocycles. The summed E-state index contributed by atoms with van der Waals surface area (Å²) in [5.41, 5.74) is 1.16. The van der Waals surface area contributed by atoms with Gasteiger partial charge in [0, 0.05) is 15.5 Å². The van der Waals surface area contributed by atoms with Gasteiger partial charge in [-0.05, 0) is 59.8 Å². The molecule has 0 aliphatic heterocycles. The second-order valence-corrected chi connectivity index (χ2v) is 6.26. The Morgan fingerprint density at radius 1 is 1.12 bits per heavy atom. The molecule has 5 nitrogen and oxygen atoms in total. The number of rotatable bonds is 5. The van der Waals surface area contributed by atoms with Crippen molar-refractivity contribution in [1.82, 2.24) is 10.2 Å². The molecule has 0 spiro atoms. The molecule has 8 heteroatoms. The van der Waals surface area contributed by atoms with Crippen LogP contribution in [0.1, 0.15) is 5.56 Å². The number of hydrogen-bond donors (Lipinski definition) is 0. The molecule has 0 aliphatic rings. The van der Waals surface area contributed by atoms with Crippen molar-refractivity contribution in [2.75, 3.05) is 0 Å². The minimum absolute atomic E-state index is 0.0440. The van der Waals surface area contributed by atoms with Gasteiger partial charge in [0.2, 0.25) is 5.89 Å². The summed E-state index contributed by atoms with van der Waals surface area (Å²) in [6.07, 6.45) is 1.34. The van der Waals surface area contributed by atoms with Crippen LogP contribution < -0.4 is 5.11 Å². The number of halogens is 2. The van der Waals surface area contributed by atoms with Gasteiger partial charge in [0.25, 0.3) is 5.22 Å². The lowest BCUT2D eigenvalue weighted by Crippen LogP contribution is -2.23. The van der Waals surface area contributed by atoms with Crippen molar-refractivity contribution < 1.29 is 18.7 Å². The predicted molar refractivity (Wildman–Crippen MR) is 90.0 cm³/mol. The highest BCUT2D eigenvalue weighted by molar-refractivity contribution is 8.03. The van der Waals surface area contributed by atoms with Crippen LogP contribution in [0.4, 0.5) is 4.39 Å². The van der Waals surface area contributed by atoms with Crippen LogP contribution in [-0.2, 0) is 4.79 Å². The molecule has 0 N–H and O–H groups in total. The van der Waals surface area contributed by atoms with Gasteiger partial charge in [0.1, 0.15) is 5.82 Å². The Hall–Kier alpha value is -2.64. The smallest absolute Gasteiger partial charge is 0.281 e. The molecule has 0 amide bonds. The molecular formula is C17H9ClFN2O3S-. The van der Waals surface area contributed by atoms with E-state index in [2.05, 4.69) is 10.2 Å². The fourth-order valence-electron chi connectivity index (χ4n) is 1.89. The largest absolute Gasteiger partial charge is 0.544 e. The van der Waals surface area contributed by atoms with Gasteiger partial charge in [-0.15, -0.1) is 10.2 Å². The Labute approximate surface area is 151 Å². The van der Waals surface area contributed by atoms with E-state index in [0.717, 1.165) is 11.8 Å². The van der Waals surface area contributed by atoms with Crippen LogP contribution in [0.15, 0.2) is 63.1 Å². The first kappa shape index (κ1) is 17.2. The maximum atomic E-state index is 12.9. The van der Waals surface area contributed by atoms with Gasteiger partial charge < -0.3 is 14.3 Å². The average Bonchev–Trinajstić information content (AvgIpc) is 3.05. The normalized spacial score (nSPS) is 11.5. The number of hydrogen-bond acceptors (Lipinski definition) is 6. The van der Waals surface area contributed by atoms with Crippen molar-refractivity contribution in [1.29, 1.82) is 0 Å². The lowest BCUT2D eigenvalue weighted by Gasteiger charge is -2.05. The van der Waals surface area contributed by atoms with E-state index >= 15 is 0 Å². The zero-order valence-corrected chi connectivity index (χ0v) is 14.1.